The van der Waals surface area contributed by atoms with E-state index >= 15 is 0 Å². The fourth-order valence-corrected chi connectivity index (χ4v) is 2.83. The highest BCUT2D eigenvalue weighted by Crippen LogP contribution is 2.22. The number of hydrogen-bond donors (Lipinski definition) is 1. The second-order valence-electron chi connectivity index (χ2n) is 5.45. The molecule has 2 N–H and O–H groups in total. The Morgan fingerprint density at radius 2 is 2.14 bits per heavy atom. The minimum absolute atomic E-state index is 0.373. The third-order valence-electron chi connectivity index (χ3n) is 3.99. The van der Waals surface area contributed by atoms with Crippen LogP contribution in [0.2, 0.25) is 0 Å². The van der Waals surface area contributed by atoms with Gasteiger partial charge in [-0.1, -0.05) is 12.1 Å². The van der Waals surface area contributed by atoms with Crippen LogP contribution in [-0.2, 0) is 6.54 Å². The molecule has 0 saturated carbocycles. The van der Waals surface area contributed by atoms with Gasteiger partial charge in [0.1, 0.15) is 12.7 Å². The first-order valence-electron chi connectivity index (χ1n) is 7.17. The maximum absolute atomic E-state index is 11.2. The zero-order chi connectivity index (χ0) is 14.7. The number of nitrogens with two attached hydrogens (primary N) is 1. The molecule has 21 heavy (non-hydrogen) atoms. The number of likely N-dealkylation sites (tertiary alicyclic amines) is 1. The number of primary amides is 1. The Morgan fingerprint density at radius 3 is 2.81 bits per heavy atom. The lowest BCUT2D eigenvalue weighted by molar-refractivity contribution is 0.1000. The minimum atomic E-state index is -0.373. The highest BCUT2D eigenvalue weighted by molar-refractivity contribution is 5.92. The second kappa shape index (κ2) is 6.05. The molecule has 2 heterocycles. The summed E-state index contributed by atoms with van der Waals surface area (Å²) in [5.74, 6) is -0.373. The van der Waals surface area contributed by atoms with E-state index in [9.17, 15) is 4.79 Å². The van der Waals surface area contributed by atoms with Crippen LogP contribution in [0.5, 0.6) is 0 Å². The van der Waals surface area contributed by atoms with E-state index in [-0.39, 0.29) is 5.91 Å². The molecule has 110 valence electrons. The maximum atomic E-state index is 11.2. The van der Waals surface area contributed by atoms with Crippen molar-refractivity contribution in [3.05, 3.63) is 48.0 Å². The van der Waals surface area contributed by atoms with Gasteiger partial charge >= 0.3 is 0 Å². The predicted molar refractivity (Wildman–Crippen MR) is 78.5 cm³/mol. The first-order valence-corrected chi connectivity index (χ1v) is 7.17. The molecule has 6 heteroatoms. The lowest BCUT2D eigenvalue weighted by atomic mass is 10.0. The summed E-state index contributed by atoms with van der Waals surface area (Å²) < 4.78 is 1.95. The van der Waals surface area contributed by atoms with Gasteiger partial charge in [0, 0.05) is 25.2 Å². The van der Waals surface area contributed by atoms with Crippen molar-refractivity contribution in [2.45, 2.75) is 25.4 Å². The van der Waals surface area contributed by atoms with Crippen molar-refractivity contribution in [1.29, 1.82) is 0 Å². The molecule has 0 spiro atoms. The molecule has 0 atom stereocenters. The van der Waals surface area contributed by atoms with Gasteiger partial charge in [0.25, 0.3) is 0 Å². The van der Waals surface area contributed by atoms with E-state index in [1.807, 2.05) is 22.9 Å². The van der Waals surface area contributed by atoms with Crippen LogP contribution in [0.4, 0.5) is 0 Å². The van der Waals surface area contributed by atoms with E-state index in [0.29, 0.717) is 11.6 Å². The quantitative estimate of drug-likeness (QED) is 0.916. The predicted octanol–water partition coefficient (Wildman–Crippen LogP) is 1.21. The first kappa shape index (κ1) is 13.8. The van der Waals surface area contributed by atoms with Crippen molar-refractivity contribution in [2.24, 2.45) is 5.73 Å². The van der Waals surface area contributed by atoms with Gasteiger partial charge < -0.3 is 5.73 Å². The molecule has 1 fully saturated rings. The number of carbonyl (C=O) groups is 1. The SMILES string of the molecule is NC(=O)c1cccc(CN2CCC(n3cncn3)CC2)c1. The van der Waals surface area contributed by atoms with Gasteiger partial charge in [-0.25, -0.2) is 9.67 Å². The van der Waals surface area contributed by atoms with E-state index in [4.69, 9.17) is 5.73 Å². The summed E-state index contributed by atoms with van der Waals surface area (Å²) in [7, 11) is 0. The van der Waals surface area contributed by atoms with Crippen molar-refractivity contribution in [3.8, 4) is 0 Å². The third-order valence-corrected chi connectivity index (χ3v) is 3.99. The second-order valence-corrected chi connectivity index (χ2v) is 5.45. The van der Waals surface area contributed by atoms with Crippen molar-refractivity contribution >= 4 is 5.91 Å². The number of piperidine rings is 1. The summed E-state index contributed by atoms with van der Waals surface area (Å²) in [6.45, 7) is 2.89. The molecular formula is C15H19N5O. The highest BCUT2D eigenvalue weighted by atomic mass is 16.1. The number of nitrogens with zero attached hydrogens (tertiary/aromatic N) is 4. The number of aromatic nitrogens is 3. The Labute approximate surface area is 123 Å². The van der Waals surface area contributed by atoms with Gasteiger partial charge in [-0.3, -0.25) is 9.69 Å². The summed E-state index contributed by atoms with van der Waals surface area (Å²) in [6.07, 6.45) is 5.51. The number of amides is 1. The van der Waals surface area contributed by atoms with E-state index < -0.39 is 0 Å². The third kappa shape index (κ3) is 3.28. The Hall–Kier alpha value is -2.21. The van der Waals surface area contributed by atoms with Gasteiger partial charge in [-0.05, 0) is 30.5 Å². The Bertz CT molecular complexity index is 602. The zero-order valence-electron chi connectivity index (χ0n) is 11.9. The lowest BCUT2D eigenvalue weighted by Gasteiger charge is -2.31. The van der Waals surface area contributed by atoms with Crippen LogP contribution in [0.3, 0.4) is 0 Å². The number of rotatable bonds is 4. The average molecular weight is 285 g/mol. The van der Waals surface area contributed by atoms with E-state index in [1.54, 1.807) is 18.7 Å². The van der Waals surface area contributed by atoms with Crippen LogP contribution >= 0.6 is 0 Å². The average Bonchev–Trinajstić information content (AvgIpc) is 3.02. The molecule has 0 aliphatic carbocycles. The molecule has 1 amide bonds. The molecule has 2 aromatic rings. The molecule has 6 nitrogen and oxygen atoms in total. The van der Waals surface area contributed by atoms with E-state index in [0.717, 1.165) is 38.0 Å². The van der Waals surface area contributed by atoms with Crippen molar-refractivity contribution < 1.29 is 4.79 Å². The number of benzene rings is 1. The first-order chi connectivity index (χ1) is 10.2. The highest BCUT2D eigenvalue weighted by Gasteiger charge is 2.21. The molecule has 1 aliphatic heterocycles. The minimum Gasteiger partial charge on any atom is -0.366 e. The molecule has 1 aliphatic rings. The molecule has 3 rings (SSSR count). The summed E-state index contributed by atoms with van der Waals surface area (Å²) >= 11 is 0. The van der Waals surface area contributed by atoms with Crippen molar-refractivity contribution in [1.82, 2.24) is 19.7 Å². The van der Waals surface area contributed by atoms with Gasteiger partial charge in [-0.2, -0.15) is 5.10 Å². The Morgan fingerprint density at radius 1 is 1.33 bits per heavy atom. The van der Waals surface area contributed by atoms with Gasteiger partial charge in [0.05, 0.1) is 6.04 Å². The largest absolute Gasteiger partial charge is 0.366 e. The fraction of sp³-hybridized carbons (Fsp3) is 0.400. The van der Waals surface area contributed by atoms with Crippen LogP contribution in [0.25, 0.3) is 0 Å². The monoisotopic (exact) mass is 285 g/mol. The molecule has 0 unspecified atom stereocenters. The van der Waals surface area contributed by atoms with Crippen molar-refractivity contribution in [2.75, 3.05) is 13.1 Å². The van der Waals surface area contributed by atoms with Gasteiger partial charge in [0.2, 0.25) is 5.91 Å². The van der Waals surface area contributed by atoms with Crippen LogP contribution in [-0.4, -0.2) is 38.7 Å². The molecule has 1 saturated heterocycles. The zero-order valence-corrected chi connectivity index (χ0v) is 11.9. The Kier molecular flexibility index (Phi) is 3.96. The number of hydrogen-bond acceptors (Lipinski definition) is 4. The topological polar surface area (TPSA) is 77.0 Å². The fourth-order valence-electron chi connectivity index (χ4n) is 2.83. The van der Waals surface area contributed by atoms with Gasteiger partial charge in [0.15, 0.2) is 0 Å². The summed E-state index contributed by atoms with van der Waals surface area (Å²) in [4.78, 5) is 17.6. The summed E-state index contributed by atoms with van der Waals surface area (Å²) in [5, 5.41) is 4.22. The van der Waals surface area contributed by atoms with Gasteiger partial charge in [-0.15, -0.1) is 0 Å². The van der Waals surface area contributed by atoms with E-state index in [1.165, 1.54) is 0 Å². The smallest absolute Gasteiger partial charge is 0.248 e. The molecule has 1 aromatic heterocycles. The summed E-state index contributed by atoms with van der Waals surface area (Å²) in [6, 6.07) is 8.00. The molecular weight excluding hydrogens is 266 g/mol. The van der Waals surface area contributed by atoms with Crippen LogP contribution < -0.4 is 5.73 Å². The van der Waals surface area contributed by atoms with Crippen LogP contribution in [0.1, 0.15) is 34.8 Å². The normalized spacial score (nSPS) is 17.0. The molecule has 0 radical (unpaired) electrons. The standard InChI is InChI=1S/C15H19N5O/c16-15(21)13-3-1-2-12(8-13)9-19-6-4-14(5-7-19)20-11-17-10-18-20/h1-3,8,10-11,14H,4-7,9H2,(H2,16,21). The maximum Gasteiger partial charge on any atom is 0.248 e. The van der Waals surface area contributed by atoms with Crippen LogP contribution in [0.15, 0.2) is 36.9 Å². The lowest BCUT2D eigenvalue weighted by Crippen LogP contribution is -2.34. The molecule has 1 aromatic carbocycles. The van der Waals surface area contributed by atoms with E-state index in [2.05, 4.69) is 15.0 Å². The Balaban J connectivity index is 1.58. The van der Waals surface area contributed by atoms with Crippen LogP contribution in [0, 0.1) is 0 Å². The molecule has 0 bridgehead atoms. The van der Waals surface area contributed by atoms with Crippen molar-refractivity contribution in [3.63, 3.8) is 0 Å². The number of carbonyl (C=O) groups excluding carboxylic acids is 1. The summed E-state index contributed by atoms with van der Waals surface area (Å²) in [5.41, 5.74) is 7.02.